The first-order chi connectivity index (χ1) is 18.2. The predicted molar refractivity (Wildman–Crippen MR) is 164 cm³/mol. The van der Waals surface area contributed by atoms with Gasteiger partial charge in [0.2, 0.25) is 0 Å². The number of hydrogen-bond donors (Lipinski definition) is 0. The molecule has 0 aliphatic carbocycles. The average Bonchev–Trinajstić information content (AvgIpc) is 2.89. The summed E-state index contributed by atoms with van der Waals surface area (Å²) >= 11 is 0. The van der Waals surface area contributed by atoms with Crippen molar-refractivity contribution in [3.05, 3.63) is 0 Å². The van der Waals surface area contributed by atoms with Gasteiger partial charge in [0.25, 0.3) is 0 Å². The first kappa shape index (κ1) is 36.3. The fourth-order valence-electron chi connectivity index (χ4n) is 5.43. The largest absolute Gasteiger partial charge is 0.299 e. The summed E-state index contributed by atoms with van der Waals surface area (Å²) in [7, 11) is 0. The minimum Gasteiger partial charge on any atom is -0.299 e. The first-order valence-electron chi connectivity index (χ1n) is 17.2. The van der Waals surface area contributed by atoms with Gasteiger partial charge in [-0.1, -0.05) is 181 Å². The van der Waals surface area contributed by atoms with Gasteiger partial charge in [-0.2, -0.15) is 0 Å². The number of rotatable bonds is 32. The molecule has 0 bridgehead atoms. The summed E-state index contributed by atoms with van der Waals surface area (Å²) in [6, 6.07) is 0. The van der Waals surface area contributed by atoms with Gasteiger partial charge in [-0.05, 0) is 12.8 Å². The third-order valence-corrected chi connectivity index (χ3v) is 8.01. The summed E-state index contributed by atoms with van der Waals surface area (Å²) in [5, 5.41) is 0. The molecule has 0 radical (unpaired) electrons. The number of ketones is 2. The van der Waals surface area contributed by atoms with E-state index in [1.807, 2.05) is 0 Å². The average molecular weight is 521 g/mol. The maximum Gasteiger partial charge on any atom is 0.140 e. The number of hydrogen-bond acceptors (Lipinski definition) is 2. The fourth-order valence-corrected chi connectivity index (χ4v) is 5.43. The number of carbonyl (C=O) groups excluding carboxylic acids is 2. The molecule has 2 heteroatoms. The molecule has 0 aromatic rings. The van der Waals surface area contributed by atoms with Crippen LogP contribution < -0.4 is 0 Å². The number of unbranched alkanes of at least 4 members (excludes halogenated alkanes) is 26. The van der Waals surface area contributed by atoms with Crippen LogP contribution in [-0.4, -0.2) is 11.6 Å². The van der Waals surface area contributed by atoms with Crippen molar-refractivity contribution < 1.29 is 9.59 Å². The lowest BCUT2D eigenvalue weighted by atomic mass is 10.0. The van der Waals surface area contributed by atoms with Crippen LogP contribution in [0.25, 0.3) is 0 Å². The molecule has 0 rings (SSSR count). The molecular weight excluding hydrogens is 452 g/mol. The van der Waals surface area contributed by atoms with Crippen molar-refractivity contribution in [2.24, 2.45) is 0 Å². The van der Waals surface area contributed by atoms with Crippen molar-refractivity contribution in [1.29, 1.82) is 0 Å². The van der Waals surface area contributed by atoms with Gasteiger partial charge in [-0.15, -0.1) is 0 Å². The van der Waals surface area contributed by atoms with Crippen LogP contribution in [0.4, 0.5) is 0 Å². The Labute approximate surface area is 233 Å². The van der Waals surface area contributed by atoms with Crippen molar-refractivity contribution in [1.82, 2.24) is 0 Å². The van der Waals surface area contributed by atoms with Crippen LogP contribution >= 0.6 is 0 Å². The smallest absolute Gasteiger partial charge is 0.140 e. The van der Waals surface area contributed by atoms with E-state index in [1.165, 1.54) is 154 Å². The Bertz CT molecular complexity index is 470. The summed E-state index contributed by atoms with van der Waals surface area (Å²) in [4.78, 5) is 24.1. The number of Topliss-reactive ketones (excluding diaryl/α,β-unsaturated/α-hetero) is 2. The fraction of sp³-hybridized carbons (Fsp3) is 0.943. The van der Waals surface area contributed by atoms with Crippen LogP contribution in [0, 0.1) is 0 Å². The van der Waals surface area contributed by atoms with Gasteiger partial charge in [0.05, 0.1) is 6.42 Å². The van der Waals surface area contributed by atoms with E-state index >= 15 is 0 Å². The molecule has 0 heterocycles. The van der Waals surface area contributed by atoms with E-state index in [4.69, 9.17) is 0 Å². The van der Waals surface area contributed by atoms with E-state index in [2.05, 4.69) is 13.8 Å². The zero-order chi connectivity index (χ0) is 27.1. The SMILES string of the molecule is CCCCCCCCCCCCCCCCCCCCCC(=O)CC(=O)CCCCCCCCCCC. The van der Waals surface area contributed by atoms with Crippen molar-refractivity contribution in [3.8, 4) is 0 Å². The molecular formula is C35H68O2. The molecule has 0 aliphatic rings. The molecule has 2 nitrogen and oxygen atoms in total. The minimum absolute atomic E-state index is 0.172. The summed E-state index contributed by atoms with van der Waals surface area (Å²) in [6.07, 6.45) is 38.8. The molecule has 220 valence electrons. The highest BCUT2D eigenvalue weighted by atomic mass is 16.1. The summed E-state index contributed by atoms with van der Waals surface area (Å²) in [6.45, 7) is 4.54. The maximum absolute atomic E-state index is 12.1. The second-order valence-corrected chi connectivity index (χ2v) is 11.9. The molecule has 0 aromatic carbocycles. The van der Waals surface area contributed by atoms with E-state index in [1.54, 1.807) is 0 Å². The molecule has 0 fully saturated rings. The van der Waals surface area contributed by atoms with E-state index in [9.17, 15) is 9.59 Å². The Morgan fingerprint density at radius 3 is 0.703 bits per heavy atom. The molecule has 0 N–H and O–H groups in total. The number of carbonyl (C=O) groups is 2. The van der Waals surface area contributed by atoms with Crippen LogP contribution in [0.1, 0.15) is 213 Å². The second kappa shape index (κ2) is 31.6. The summed E-state index contributed by atoms with van der Waals surface area (Å²) in [5.41, 5.74) is 0. The molecule has 0 amide bonds. The van der Waals surface area contributed by atoms with Gasteiger partial charge in [-0.3, -0.25) is 9.59 Å². The van der Waals surface area contributed by atoms with Gasteiger partial charge in [0.15, 0.2) is 0 Å². The summed E-state index contributed by atoms with van der Waals surface area (Å²) in [5.74, 6) is 0.346. The normalized spacial score (nSPS) is 11.3. The Hall–Kier alpha value is -0.660. The highest BCUT2D eigenvalue weighted by Crippen LogP contribution is 2.15. The Balaban J connectivity index is 3.25. The van der Waals surface area contributed by atoms with Crippen LogP contribution in [0.2, 0.25) is 0 Å². The highest BCUT2D eigenvalue weighted by molar-refractivity contribution is 5.98. The monoisotopic (exact) mass is 521 g/mol. The van der Waals surface area contributed by atoms with Crippen molar-refractivity contribution >= 4 is 11.6 Å². The van der Waals surface area contributed by atoms with Crippen molar-refractivity contribution in [2.45, 2.75) is 213 Å². The third-order valence-electron chi connectivity index (χ3n) is 8.01. The van der Waals surface area contributed by atoms with E-state index < -0.39 is 0 Å². The van der Waals surface area contributed by atoms with Gasteiger partial charge in [0, 0.05) is 12.8 Å². The topological polar surface area (TPSA) is 34.1 Å². The predicted octanol–water partition coefficient (Wildman–Crippen LogP) is 12.3. The lowest BCUT2D eigenvalue weighted by Gasteiger charge is -2.04. The highest BCUT2D eigenvalue weighted by Gasteiger charge is 2.09. The van der Waals surface area contributed by atoms with Gasteiger partial charge < -0.3 is 0 Å². The Morgan fingerprint density at radius 2 is 0.486 bits per heavy atom. The zero-order valence-electron chi connectivity index (χ0n) is 25.7. The van der Waals surface area contributed by atoms with Gasteiger partial charge in [0.1, 0.15) is 11.6 Å². The first-order valence-corrected chi connectivity index (χ1v) is 17.2. The standard InChI is InChI=1S/C35H68O2/c1-3-5-7-9-11-13-14-15-16-17-18-19-20-21-22-24-26-28-30-32-35(37)33-34(36)31-29-27-25-23-12-10-8-6-4-2/h3-33H2,1-2H3. The van der Waals surface area contributed by atoms with E-state index in [-0.39, 0.29) is 18.0 Å². The van der Waals surface area contributed by atoms with E-state index in [0.717, 1.165) is 25.7 Å². The van der Waals surface area contributed by atoms with Crippen molar-refractivity contribution in [3.63, 3.8) is 0 Å². The maximum atomic E-state index is 12.1. The quantitative estimate of drug-likeness (QED) is 0.0652. The van der Waals surface area contributed by atoms with Crippen LogP contribution in [-0.2, 0) is 9.59 Å². The molecule has 0 saturated carbocycles. The van der Waals surface area contributed by atoms with Crippen molar-refractivity contribution in [2.75, 3.05) is 0 Å². The summed E-state index contributed by atoms with van der Waals surface area (Å²) < 4.78 is 0. The van der Waals surface area contributed by atoms with Gasteiger partial charge >= 0.3 is 0 Å². The molecule has 0 atom stereocenters. The van der Waals surface area contributed by atoms with E-state index in [0.29, 0.717) is 12.8 Å². The minimum atomic E-state index is 0.172. The van der Waals surface area contributed by atoms with Gasteiger partial charge in [-0.25, -0.2) is 0 Å². The molecule has 0 aromatic heterocycles. The third kappa shape index (κ3) is 31.5. The lowest BCUT2D eigenvalue weighted by Crippen LogP contribution is -2.07. The lowest BCUT2D eigenvalue weighted by molar-refractivity contribution is -0.127. The van der Waals surface area contributed by atoms with Crippen LogP contribution in [0.5, 0.6) is 0 Å². The molecule has 0 saturated heterocycles. The molecule has 0 spiro atoms. The molecule has 0 unspecified atom stereocenters. The zero-order valence-corrected chi connectivity index (χ0v) is 25.7. The van der Waals surface area contributed by atoms with Crippen LogP contribution in [0.3, 0.4) is 0 Å². The molecule has 0 aliphatic heterocycles. The Morgan fingerprint density at radius 1 is 0.297 bits per heavy atom. The Kier molecular flexibility index (Phi) is 31.0. The second-order valence-electron chi connectivity index (χ2n) is 11.9. The molecule has 37 heavy (non-hydrogen) atoms. The van der Waals surface area contributed by atoms with Crippen LogP contribution in [0.15, 0.2) is 0 Å².